The van der Waals surface area contributed by atoms with Gasteiger partial charge in [0.25, 0.3) is 0 Å². The predicted molar refractivity (Wildman–Crippen MR) is 112 cm³/mol. The van der Waals surface area contributed by atoms with E-state index in [9.17, 15) is 28.2 Å². The van der Waals surface area contributed by atoms with Gasteiger partial charge < -0.3 is 10.2 Å². The molecule has 7 heteroatoms. The molecule has 0 spiro atoms. The number of carbonyl (C=O) groups is 2. The van der Waals surface area contributed by atoms with Crippen molar-refractivity contribution in [2.45, 2.75) is 70.1 Å². The predicted octanol–water partition coefficient (Wildman–Crippen LogP) is 4.37. The van der Waals surface area contributed by atoms with Crippen LogP contribution in [0.15, 0.2) is 17.0 Å². The molecule has 0 amide bonds. The molecule has 2 saturated carbocycles. The molecule has 4 rings (SSSR count). The zero-order chi connectivity index (χ0) is 22.3. The van der Waals surface area contributed by atoms with Crippen molar-refractivity contribution < 1.29 is 28.2 Å². The molecule has 3 aliphatic rings. The molecule has 1 heterocycles. The van der Waals surface area contributed by atoms with E-state index in [1.165, 1.54) is 6.07 Å². The number of carboxylic acid groups (broad SMARTS) is 2. The molecule has 30 heavy (non-hydrogen) atoms. The van der Waals surface area contributed by atoms with Crippen LogP contribution in [-0.2, 0) is 15.3 Å². The molecule has 2 aliphatic carbocycles. The topological polar surface area (TPSA) is 109 Å². The number of hydrogen-bond donors (Lipinski definition) is 2. The van der Waals surface area contributed by atoms with Crippen LogP contribution < -0.4 is 0 Å². The van der Waals surface area contributed by atoms with Crippen LogP contribution in [0.3, 0.4) is 0 Å². The Hall–Kier alpha value is -1.89. The molecule has 4 atom stereocenters. The highest BCUT2D eigenvalue weighted by Gasteiger charge is 2.62. The molecule has 1 aromatic rings. The minimum atomic E-state index is -3.82. The first-order chi connectivity index (χ1) is 13.7. The highest BCUT2D eigenvalue weighted by molar-refractivity contribution is 7.91. The maximum absolute atomic E-state index is 13.4. The molecule has 2 N–H and O–H groups in total. The Kier molecular flexibility index (Phi) is 4.49. The van der Waals surface area contributed by atoms with Crippen LogP contribution in [0.4, 0.5) is 0 Å². The molecular weight excluding hydrogens is 404 g/mol. The van der Waals surface area contributed by atoms with Gasteiger partial charge >= 0.3 is 11.9 Å². The Balaban J connectivity index is 2.01. The van der Waals surface area contributed by atoms with Crippen molar-refractivity contribution in [2.75, 3.05) is 5.75 Å². The van der Waals surface area contributed by atoms with Crippen LogP contribution in [0.2, 0.25) is 0 Å². The standard InChI is InChI=1S/C23H30O6S/c1-21(2)7-5-8-22(3)16(21)6-9-23(4)17(22)12-30(28,29)15-11-13(19(24)25)10-14(18(15)23)20(26)27/h10-11,16-17H,5-9,12H2,1-4H3,(H,24,25)(H,26,27). The summed E-state index contributed by atoms with van der Waals surface area (Å²) in [4.78, 5) is 23.6. The van der Waals surface area contributed by atoms with Crippen LogP contribution in [0, 0.1) is 22.7 Å². The minimum absolute atomic E-state index is 0.0539. The van der Waals surface area contributed by atoms with Gasteiger partial charge in [0.05, 0.1) is 21.8 Å². The quantitative estimate of drug-likeness (QED) is 0.715. The number of benzene rings is 1. The Bertz CT molecular complexity index is 1060. The van der Waals surface area contributed by atoms with E-state index in [1.54, 1.807) is 0 Å². The van der Waals surface area contributed by atoms with Crippen LogP contribution in [0.1, 0.15) is 86.1 Å². The number of hydrogen-bond acceptors (Lipinski definition) is 4. The molecule has 6 nitrogen and oxygen atoms in total. The average Bonchev–Trinajstić information content (AvgIpc) is 2.62. The number of fused-ring (bicyclic) bond motifs is 5. The first-order valence-electron chi connectivity index (χ1n) is 10.6. The maximum Gasteiger partial charge on any atom is 0.336 e. The van der Waals surface area contributed by atoms with Gasteiger partial charge in [0, 0.05) is 0 Å². The fourth-order valence-electron chi connectivity index (χ4n) is 7.37. The van der Waals surface area contributed by atoms with Gasteiger partial charge in [-0.25, -0.2) is 18.0 Å². The summed E-state index contributed by atoms with van der Waals surface area (Å²) in [5, 5.41) is 19.3. The molecule has 0 radical (unpaired) electrons. The summed E-state index contributed by atoms with van der Waals surface area (Å²) < 4.78 is 26.8. The van der Waals surface area contributed by atoms with Crippen molar-refractivity contribution in [3.05, 3.63) is 28.8 Å². The highest BCUT2D eigenvalue weighted by Crippen LogP contribution is 2.66. The largest absolute Gasteiger partial charge is 0.478 e. The lowest BCUT2D eigenvalue weighted by molar-refractivity contribution is -0.0982. The third kappa shape index (κ3) is 2.77. The minimum Gasteiger partial charge on any atom is -0.478 e. The molecule has 0 aromatic heterocycles. The zero-order valence-electron chi connectivity index (χ0n) is 18.0. The summed E-state index contributed by atoms with van der Waals surface area (Å²) in [6.45, 7) is 8.74. The van der Waals surface area contributed by atoms with Crippen molar-refractivity contribution >= 4 is 21.8 Å². The fourth-order valence-corrected chi connectivity index (χ4v) is 9.70. The third-order valence-electron chi connectivity index (χ3n) is 8.67. The molecule has 164 valence electrons. The first kappa shape index (κ1) is 21.3. The summed E-state index contributed by atoms with van der Waals surface area (Å²) in [5.74, 6) is -2.48. The van der Waals surface area contributed by atoms with Gasteiger partial charge in [-0.15, -0.1) is 0 Å². The van der Waals surface area contributed by atoms with E-state index in [0.29, 0.717) is 17.9 Å². The highest BCUT2D eigenvalue weighted by atomic mass is 32.2. The van der Waals surface area contributed by atoms with Gasteiger partial charge in [-0.3, -0.25) is 0 Å². The van der Waals surface area contributed by atoms with E-state index >= 15 is 0 Å². The number of sulfone groups is 1. The number of carboxylic acids is 2. The van der Waals surface area contributed by atoms with E-state index in [0.717, 1.165) is 31.7 Å². The van der Waals surface area contributed by atoms with E-state index in [2.05, 4.69) is 20.8 Å². The van der Waals surface area contributed by atoms with Crippen LogP contribution >= 0.6 is 0 Å². The Labute approximate surface area is 177 Å². The Morgan fingerprint density at radius 1 is 0.967 bits per heavy atom. The van der Waals surface area contributed by atoms with Crippen molar-refractivity contribution in [1.29, 1.82) is 0 Å². The van der Waals surface area contributed by atoms with Crippen molar-refractivity contribution in [2.24, 2.45) is 22.7 Å². The molecule has 0 bridgehead atoms. The lowest BCUT2D eigenvalue weighted by atomic mass is 9.42. The second kappa shape index (κ2) is 6.31. The first-order valence-corrected chi connectivity index (χ1v) is 12.3. The smallest absolute Gasteiger partial charge is 0.336 e. The molecular formula is C23H30O6S. The van der Waals surface area contributed by atoms with Gasteiger partial charge in [0.2, 0.25) is 0 Å². The summed E-state index contributed by atoms with van der Waals surface area (Å²) in [6.07, 6.45) is 4.69. The van der Waals surface area contributed by atoms with Gasteiger partial charge in [0.1, 0.15) is 0 Å². The summed E-state index contributed by atoms with van der Waals surface area (Å²) in [7, 11) is -3.82. The lowest BCUT2D eigenvalue weighted by Crippen LogP contribution is -2.60. The third-order valence-corrected chi connectivity index (χ3v) is 10.4. The fraction of sp³-hybridized carbons (Fsp3) is 0.652. The number of rotatable bonds is 2. The van der Waals surface area contributed by atoms with Crippen LogP contribution in [-0.4, -0.2) is 36.3 Å². The molecule has 4 unspecified atom stereocenters. The van der Waals surface area contributed by atoms with E-state index in [1.807, 2.05) is 6.92 Å². The zero-order valence-corrected chi connectivity index (χ0v) is 18.8. The molecule has 1 aromatic carbocycles. The molecule has 1 aliphatic heterocycles. The maximum atomic E-state index is 13.4. The van der Waals surface area contributed by atoms with Crippen molar-refractivity contribution in [1.82, 2.24) is 0 Å². The van der Waals surface area contributed by atoms with Gasteiger partial charge in [-0.1, -0.05) is 34.1 Å². The van der Waals surface area contributed by atoms with Crippen molar-refractivity contribution in [3.63, 3.8) is 0 Å². The Morgan fingerprint density at radius 3 is 2.23 bits per heavy atom. The molecule has 2 fully saturated rings. The average molecular weight is 435 g/mol. The normalized spacial score (nSPS) is 36.1. The van der Waals surface area contributed by atoms with E-state index in [-0.39, 0.29) is 38.5 Å². The lowest BCUT2D eigenvalue weighted by Gasteiger charge is -2.64. The van der Waals surface area contributed by atoms with Crippen LogP contribution in [0.25, 0.3) is 0 Å². The summed E-state index contributed by atoms with van der Waals surface area (Å²) >= 11 is 0. The summed E-state index contributed by atoms with van der Waals surface area (Å²) in [6, 6.07) is 2.30. The van der Waals surface area contributed by atoms with Gasteiger partial charge in [0.15, 0.2) is 9.84 Å². The number of aromatic carboxylic acids is 2. The Morgan fingerprint density at radius 2 is 1.63 bits per heavy atom. The molecule has 0 saturated heterocycles. The second-order valence-electron chi connectivity index (χ2n) is 10.7. The van der Waals surface area contributed by atoms with Crippen LogP contribution in [0.5, 0.6) is 0 Å². The monoisotopic (exact) mass is 434 g/mol. The van der Waals surface area contributed by atoms with Crippen molar-refractivity contribution in [3.8, 4) is 0 Å². The summed E-state index contributed by atoms with van der Waals surface area (Å²) in [5.41, 5.74) is -0.876. The van der Waals surface area contributed by atoms with E-state index < -0.39 is 27.2 Å². The SMILES string of the molecule is CC1(C)CCCC2(C)C1CCC1(C)c3c(C(=O)O)cc(C(=O)O)cc3S(=O)(=O)CC12. The van der Waals surface area contributed by atoms with E-state index in [4.69, 9.17) is 0 Å². The second-order valence-corrected chi connectivity index (χ2v) is 12.7. The van der Waals surface area contributed by atoms with Gasteiger partial charge in [-0.2, -0.15) is 0 Å². The van der Waals surface area contributed by atoms with Gasteiger partial charge in [-0.05, 0) is 71.5 Å².